The van der Waals surface area contributed by atoms with Gasteiger partial charge in [0.2, 0.25) is 0 Å². The van der Waals surface area contributed by atoms with Crippen molar-refractivity contribution in [2.45, 2.75) is 0 Å². The van der Waals surface area contributed by atoms with Crippen molar-refractivity contribution in [1.29, 1.82) is 0 Å². The molecule has 0 atom stereocenters. The molecule has 2 heterocycles. The van der Waals surface area contributed by atoms with E-state index in [0.717, 1.165) is 16.6 Å². The number of hydrogen-bond acceptors (Lipinski definition) is 2. The molecular formula is C22H14N2. The maximum absolute atomic E-state index is 4.66. The van der Waals surface area contributed by atoms with Crippen molar-refractivity contribution in [3.8, 4) is 11.1 Å². The second-order valence-corrected chi connectivity index (χ2v) is 5.95. The Morgan fingerprint density at radius 3 is 2.42 bits per heavy atom. The van der Waals surface area contributed by atoms with Crippen molar-refractivity contribution in [3.05, 3.63) is 85.3 Å². The molecule has 24 heavy (non-hydrogen) atoms. The molecule has 0 aliphatic carbocycles. The Bertz CT molecular complexity index is 1190. The van der Waals surface area contributed by atoms with E-state index in [4.69, 9.17) is 0 Å². The standard InChI is InChI=1S/C22H14N2/c1-2-7-17-15(5-1)9-10-18-19-8-4-12-24-22(19)20(13-21(17)18)16-6-3-11-23-14-16/h1-14H. The van der Waals surface area contributed by atoms with Gasteiger partial charge in [0.25, 0.3) is 0 Å². The number of hydrogen-bond donors (Lipinski definition) is 0. The summed E-state index contributed by atoms with van der Waals surface area (Å²) in [7, 11) is 0. The minimum atomic E-state index is 1.02. The molecule has 2 heteroatoms. The quantitative estimate of drug-likeness (QED) is 0.376. The van der Waals surface area contributed by atoms with Crippen LogP contribution in [0.2, 0.25) is 0 Å². The zero-order valence-corrected chi connectivity index (χ0v) is 13.0. The smallest absolute Gasteiger partial charge is 0.0787 e. The summed E-state index contributed by atoms with van der Waals surface area (Å²) in [6.07, 6.45) is 5.56. The number of aromatic nitrogens is 2. The summed E-state index contributed by atoms with van der Waals surface area (Å²) in [4.78, 5) is 8.94. The molecule has 2 aromatic heterocycles. The molecule has 0 radical (unpaired) electrons. The van der Waals surface area contributed by atoms with E-state index in [1.807, 2.05) is 24.5 Å². The lowest BCUT2D eigenvalue weighted by Crippen LogP contribution is -1.88. The highest BCUT2D eigenvalue weighted by atomic mass is 14.7. The third-order valence-corrected chi connectivity index (χ3v) is 4.58. The summed E-state index contributed by atoms with van der Waals surface area (Å²) >= 11 is 0. The second kappa shape index (κ2) is 5.14. The average Bonchev–Trinajstić information content (AvgIpc) is 2.67. The largest absolute Gasteiger partial charge is 0.264 e. The van der Waals surface area contributed by atoms with Crippen LogP contribution in [0.15, 0.2) is 85.3 Å². The first-order valence-electron chi connectivity index (χ1n) is 8.01. The van der Waals surface area contributed by atoms with Gasteiger partial charge in [-0.1, -0.05) is 48.5 Å². The number of rotatable bonds is 1. The van der Waals surface area contributed by atoms with Crippen LogP contribution in [0, 0.1) is 0 Å². The third-order valence-electron chi connectivity index (χ3n) is 4.58. The van der Waals surface area contributed by atoms with Crippen LogP contribution < -0.4 is 0 Å². The van der Waals surface area contributed by atoms with Crippen molar-refractivity contribution < 1.29 is 0 Å². The topological polar surface area (TPSA) is 25.8 Å². The van der Waals surface area contributed by atoms with Gasteiger partial charge < -0.3 is 0 Å². The van der Waals surface area contributed by atoms with Crippen LogP contribution in [-0.4, -0.2) is 9.97 Å². The Kier molecular flexibility index (Phi) is 2.83. The lowest BCUT2D eigenvalue weighted by Gasteiger charge is -2.11. The van der Waals surface area contributed by atoms with Crippen molar-refractivity contribution in [2.24, 2.45) is 0 Å². The molecule has 0 aliphatic rings. The van der Waals surface area contributed by atoms with Crippen molar-refractivity contribution in [3.63, 3.8) is 0 Å². The molecule has 0 spiro atoms. The van der Waals surface area contributed by atoms with Crippen molar-refractivity contribution in [2.75, 3.05) is 0 Å². The molecule has 0 saturated carbocycles. The zero-order chi connectivity index (χ0) is 15.9. The van der Waals surface area contributed by atoms with Gasteiger partial charge in [-0.15, -0.1) is 0 Å². The molecule has 0 unspecified atom stereocenters. The minimum Gasteiger partial charge on any atom is -0.264 e. The van der Waals surface area contributed by atoms with Crippen LogP contribution in [0.25, 0.3) is 43.6 Å². The van der Waals surface area contributed by atoms with E-state index in [2.05, 4.69) is 64.6 Å². The van der Waals surface area contributed by atoms with E-state index < -0.39 is 0 Å². The van der Waals surface area contributed by atoms with Crippen molar-refractivity contribution in [1.82, 2.24) is 9.97 Å². The first-order valence-corrected chi connectivity index (χ1v) is 8.01. The highest BCUT2D eigenvalue weighted by Crippen LogP contribution is 2.36. The van der Waals surface area contributed by atoms with Gasteiger partial charge in [0, 0.05) is 35.1 Å². The SMILES string of the molecule is c1cncc(-c2cc3c4ccccc4ccc3c3cccnc23)c1. The number of benzene rings is 3. The van der Waals surface area contributed by atoms with E-state index >= 15 is 0 Å². The molecule has 0 bridgehead atoms. The summed E-state index contributed by atoms with van der Waals surface area (Å²) in [5, 5.41) is 6.20. The summed E-state index contributed by atoms with van der Waals surface area (Å²) in [6, 6.07) is 23.4. The van der Waals surface area contributed by atoms with Gasteiger partial charge in [0.1, 0.15) is 0 Å². The van der Waals surface area contributed by atoms with Crippen LogP contribution >= 0.6 is 0 Å². The fraction of sp³-hybridized carbons (Fsp3) is 0. The van der Waals surface area contributed by atoms with Gasteiger partial charge in [0.15, 0.2) is 0 Å². The fourth-order valence-electron chi connectivity index (χ4n) is 3.48. The lowest BCUT2D eigenvalue weighted by atomic mass is 9.94. The Balaban J connectivity index is 2.02. The van der Waals surface area contributed by atoms with Gasteiger partial charge in [-0.05, 0) is 39.7 Å². The lowest BCUT2D eigenvalue weighted by molar-refractivity contribution is 1.33. The van der Waals surface area contributed by atoms with Gasteiger partial charge in [-0.3, -0.25) is 9.97 Å². The van der Waals surface area contributed by atoms with Crippen LogP contribution in [0.4, 0.5) is 0 Å². The van der Waals surface area contributed by atoms with Crippen LogP contribution in [0.3, 0.4) is 0 Å². The maximum atomic E-state index is 4.66. The highest BCUT2D eigenvalue weighted by molar-refractivity contribution is 6.19. The molecule has 0 N–H and O–H groups in total. The predicted octanol–water partition coefficient (Wildman–Crippen LogP) is 5.60. The van der Waals surface area contributed by atoms with Crippen molar-refractivity contribution >= 4 is 32.4 Å². The Labute approximate surface area is 139 Å². The van der Waals surface area contributed by atoms with E-state index in [0.29, 0.717) is 0 Å². The number of fused-ring (bicyclic) bond motifs is 5. The molecule has 2 nitrogen and oxygen atoms in total. The summed E-state index contributed by atoms with van der Waals surface area (Å²) in [5.41, 5.74) is 3.24. The molecule has 5 rings (SSSR count). The van der Waals surface area contributed by atoms with E-state index in [1.54, 1.807) is 6.20 Å². The van der Waals surface area contributed by atoms with Gasteiger partial charge in [-0.2, -0.15) is 0 Å². The Hall–Kier alpha value is -3.26. The molecule has 112 valence electrons. The second-order valence-electron chi connectivity index (χ2n) is 5.95. The molecular weight excluding hydrogens is 292 g/mol. The van der Waals surface area contributed by atoms with Crippen LogP contribution in [0.5, 0.6) is 0 Å². The monoisotopic (exact) mass is 306 g/mol. The number of nitrogens with zero attached hydrogens (tertiary/aromatic N) is 2. The van der Waals surface area contributed by atoms with Crippen LogP contribution in [0.1, 0.15) is 0 Å². The van der Waals surface area contributed by atoms with Gasteiger partial charge >= 0.3 is 0 Å². The van der Waals surface area contributed by atoms with Crippen LogP contribution in [-0.2, 0) is 0 Å². The normalized spacial score (nSPS) is 11.3. The summed E-state index contributed by atoms with van der Waals surface area (Å²) in [5.74, 6) is 0. The average molecular weight is 306 g/mol. The molecule has 0 saturated heterocycles. The zero-order valence-electron chi connectivity index (χ0n) is 13.0. The molecule has 0 amide bonds. The maximum Gasteiger partial charge on any atom is 0.0787 e. The first-order chi connectivity index (χ1) is 11.9. The first kappa shape index (κ1) is 13.2. The summed E-state index contributed by atoms with van der Waals surface area (Å²) < 4.78 is 0. The van der Waals surface area contributed by atoms with Gasteiger partial charge in [0.05, 0.1) is 5.52 Å². The summed E-state index contributed by atoms with van der Waals surface area (Å²) in [6.45, 7) is 0. The highest BCUT2D eigenvalue weighted by Gasteiger charge is 2.11. The Morgan fingerprint density at radius 2 is 1.50 bits per heavy atom. The molecule has 3 aromatic carbocycles. The predicted molar refractivity (Wildman–Crippen MR) is 100.0 cm³/mol. The molecule has 0 fully saturated rings. The Morgan fingerprint density at radius 1 is 0.625 bits per heavy atom. The minimum absolute atomic E-state index is 1.02. The third kappa shape index (κ3) is 1.90. The fourth-order valence-corrected chi connectivity index (χ4v) is 3.48. The van der Waals surface area contributed by atoms with E-state index in [1.165, 1.54) is 26.9 Å². The van der Waals surface area contributed by atoms with Gasteiger partial charge in [-0.25, -0.2) is 0 Å². The molecule has 0 aliphatic heterocycles. The molecule has 5 aromatic rings. The van der Waals surface area contributed by atoms with E-state index in [9.17, 15) is 0 Å². The van der Waals surface area contributed by atoms with E-state index in [-0.39, 0.29) is 0 Å². The number of pyridine rings is 2.